The van der Waals surface area contributed by atoms with Crippen LogP contribution in [0.1, 0.15) is 16.7 Å². The molecule has 2 aromatic rings. The van der Waals surface area contributed by atoms with E-state index in [-0.39, 0.29) is 0 Å². The summed E-state index contributed by atoms with van der Waals surface area (Å²) in [7, 11) is 2.17. The maximum Gasteiger partial charge on any atom is 0.230 e. The molecule has 3 heteroatoms. The Kier molecular flexibility index (Phi) is 2.79. The predicted octanol–water partition coefficient (Wildman–Crippen LogP) is 3.19. The summed E-state index contributed by atoms with van der Waals surface area (Å²) in [4.78, 5) is 4.48. The number of quaternary nitrogens is 1. The van der Waals surface area contributed by atoms with Gasteiger partial charge in [-0.2, -0.15) is 0 Å². The molecule has 0 aliphatic carbocycles. The molecule has 0 saturated carbocycles. The molecule has 3 nitrogen and oxygen atoms in total. The Morgan fingerprint density at radius 3 is 2.79 bits per heavy atom. The maximum absolute atomic E-state index is 6.01. The number of ether oxygens (including phenoxy) is 1. The first-order valence-corrected chi connectivity index (χ1v) is 6.57. The van der Waals surface area contributed by atoms with Crippen LogP contribution in [0.5, 0.6) is 5.75 Å². The summed E-state index contributed by atoms with van der Waals surface area (Å²) >= 11 is 0. The van der Waals surface area contributed by atoms with Gasteiger partial charge in [-0.05, 0) is 31.5 Å². The second-order valence-electron chi connectivity index (χ2n) is 5.59. The number of aromatic nitrogens is 1. The molecule has 0 bridgehead atoms. The van der Waals surface area contributed by atoms with Crippen LogP contribution in [0.3, 0.4) is 0 Å². The Morgan fingerprint density at radius 1 is 1.21 bits per heavy atom. The molecule has 3 rings (SSSR count). The molecule has 0 N–H and O–H groups in total. The van der Waals surface area contributed by atoms with Crippen LogP contribution >= 0.6 is 0 Å². The highest BCUT2D eigenvalue weighted by Gasteiger charge is 2.33. The van der Waals surface area contributed by atoms with Crippen molar-refractivity contribution in [2.24, 2.45) is 0 Å². The van der Waals surface area contributed by atoms with Crippen LogP contribution in [0.2, 0.25) is 0 Å². The Morgan fingerprint density at radius 2 is 2.05 bits per heavy atom. The van der Waals surface area contributed by atoms with E-state index in [1.54, 1.807) is 0 Å². The van der Waals surface area contributed by atoms with E-state index in [1.807, 2.05) is 18.3 Å². The van der Waals surface area contributed by atoms with Gasteiger partial charge >= 0.3 is 0 Å². The molecule has 1 atom stereocenters. The summed E-state index contributed by atoms with van der Waals surface area (Å²) < 4.78 is 6.70. The van der Waals surface area contributed by atoms with Crippen molar-refractivity contribution in [2.45, 2.75) is 20.4 Å². The lowest BCUT2D eigenvalue weighted by atomic mass is 10.0. The summed E-state index contributed by atoms with van der Waals surface area (Å²) in [5, 5.41) is 0. The molecule has 1 unspecified atom stereocenters. The molecule has 1 aliphatic heterocycles. The first-order chi connectivity index (χ1) is 9.08. The molecule has 0 saturated heterocycles. The number of fused-ring (bicyclic) bond motifs is 1. The lowest BCUT2D eigenvalue weighted by molar-refractivity contribution is 0.120. The minimum Gasteiger partial charge on any atom is -0.444 e. The zero-order chi connectivity index (χ0) is 13.5. The van der Waals surface area contributed by atoms with Crippen LogP contribution in [0.15, 0.2) is 36.5 Å². The number of pyridine rings is 1. The van der Waals surface area contributed by atoms with E-state index in [0.717, 1.165) is 18.1 Å². The van der Waals surface area contributed by atoms with Gasteiger partial charge in [-0.3, -0.25) is 0 Å². The zero-order valence-electron chi connectivity index (χ0n) is 11.7. The van der Waals surface area contributed by atoms with Crippen LogP contribution in [0.25, 0.3) is 0 Å². The second-order valence-corrected chi connectivity index (χ2v) is 5.59. The van der Waals surface area contributed by atoms with Crippen molar-refractivity contribution in [3.63, 3.8) is 0 Å². The molecule has 98 valence electrons. The van der Waals surface area contributed by atoms with Gasteiger partial charge in [0.15, 0.2) is 0 Å². The van der Waals surface area contributed by atoms with Crippen molar-refractivity contribution in [2.75, 3.05) is 13.8 Å². The SMILES string of the molecule is Cc1cc(C)c2c(c1)C[N+](C)(c1ccccn1)CO2. The molecule has 2 heterocycles. The van der Waals surface area contributed by atoms with E-state index < -0.39 is 0 Å². The summed E-state index contributed by atoms with van der Waals surface area (Å²) in [6, 6.07) is 10.4. The van der Waals surface area contributed by atoms with Crippen LogP contribution in [-0.4, -0.2) is 18.8 Å². The third-order valence-corrected chi connectivity index (χ3v) is 3.71. The third-order valence-electron chi connectivity index (χ3n) is 3.71. The van der Waals surface area contributed by atoms with E-state index in [4.69, 9.17) is 4.74 Å². The molecule has 1 aromatic carbocycles. The second kappa shape index (κ2) is 4.35. The molecule has 1 aliphatic rings. The highest BCUT2D eigenvalue weighted by atomic mass is 16.5. The van der Waals surface area contributed by atoms with E-state index in [9.17, 15) is 0 Å². The van der Waals surface area contributed by atoms with Gasteiger partial charge in [0.05, 0.1) is 7.05 Å². The smallest absolute Gasteiger partial charge is 0.230 e. The van der Waals surface area contributed by atoms with Crippen LogP contribution in [0.4, 0.5) is 5.82 Å². The van der Waals surface area contributed by atoms with Crippen molar-refractivity contribution in [3.05, 3.63) is 53.2 Å². The molecule has 1 aromatic heterocycles. The molecule has 0 amide bonds. The van der Waals surface area contributed by atoms with E-state index >= 15 is 0 Å². The topological polar surface area (TPSA) is 22.1 Å². The Balaban J connectivity index is 2.02. The largest absolute Gasteiger partial charge is 0.444 e. The van der Waals surface area contributed by atoms with Crippen LogP contribution < -0.4 is 9.22 Å². The maximum atomic E-state index is 6.01. The molecule has 0 spiro atoms. The summed E-state index contributed by atoms with van der Waals surface area (Å²) in [6.45, 7) is 5.80. The normalized spacial score (nSPS) is 21.6. The van der Waals surface area contributed by atoms with Crippen molar-refractivity contribution >= 4 is 5.82 Å². The van der Waals surface area contributed by atoms with Gasteiger partial charge in [0.2, 0.25) is 12.5 Å². The fraction of sp³-hybridized carbons (Fsp3) is 0.312. The number of nitrogens with zero attached hydrogens (tertiary/aromatic N) is 2. The van der Waals surface area contributed by atoms with E-state index in [1.165, 1.54) is 16.7 Å². The average Bonchev–Trinajstić information content (AvgIpc) is 2.39. The molecule has 0 radical (unpaired) electrons. The highest BCUT2D eigenvalue weighted by Crippen LogP contribution is 2.34. The Labute approximate surface area is 114 Å². The molecule has 19 heavy (non-hydrogen) atoms. The first kappa shape index (κ1) is 12.2. The third kappa shape index (κ3) is 2.10. The van der Waals surface area contributed by atoms with Crippen LogP contribution in [0, 0.1) is 13.8 Å². The molecular weight excluding hydrogens is 236 g/mol. The van der Waals surface area contributed by atoms with Crippen molar-refractivity contribution < 1.29 is 4.74 Å². The van der Waals surface area contributed by atoms with E-state index in [2.05, 4.69) is 44.1 Å². The lowest BCUT2D eigenvalue weighted by Crippen LogP contribution is -2.50. The highest BCUT2D eigenvalue weighted by molar-refractivity contribution is 5.47. The number of benzene rings is 1. The fourth-order valence-electron chi connectivity index (χ4n) is 2.82. The van der Waals surface area contributed by atoms with Gasteiger partial charge in [0.1, 0.15) is 12.3 Å². The summed E-state index contributed by atoms with van der Waals surface area (Å²) in [5.41, 5.74) is 3.79. The zero-order valence-corrected chi connectivity index (χ0v) is 11.7. The van der Waals surface area contributed by atoms with Gasteiger partial charge < -0.3 is 4.74 Å². The van der Waals surface area contributed by atoms with Gasteiger partial charge in [0.25, 0.3) is 0 Å². The van der Waals surface area contributed by atoms with Crippen molar-refractivity contribution in [1.82, 2.24) is 9.47 Å². The van der Waals surface area contributed by atoms with Gasteiger partial charge in [-0.1, -0.05) is 17.7 Å². The number of hydrogen-bond donors (Lipinski definition) is 0. The van der Waals surface area contributed by atoms with Gasteiger partial charge in [0, 0.05) is 17.8 Å². The Bertz CT molecular complexity index is 610. The predicted molar refractivity (Wildman–Crippen MR) is 77.1 cm³/mol. The van der Waals surface area contributed by atoms with Crippen molar-refractivity contribution in [3.8, 4) is 5.75 Å². The quantitative estimate of drug-likeness (QED) is 0.730. The number of rotatable bonds is 1. The van der Waals surface area contributed by atoms with Crippen LogP contribution in [-0.2, 0) is 6.54 Å². The fourth-order valence-corrected chi connectivity index (χ4v) is 2.82. The summed E-state index contributed by atoms with van der Waals surface area (Å²) in [6.07, 6.45) is 1.84. The van der Waals surface area contributed by atoms with Gasteiger partial charge in [-0.15, -0.1) is 0 Å². The lowest BCUT2D eigenvalue weighted by Gasteiger charge is -2.37. The molecular formula is C16H19N2O+. The number of aryl methyl sites for hydroxylation is 2. The van der Waals surface area contributed by atoms with Gasteiger partial charge in [-0.25, -0.2) is 9.47 Å². The minimum atomic E-state index is 0.633. The average molecular weight is 255 g/mol. The standard InChI is InChI=1S/C16H19N2O/c1-12-8-13(2)16-14(9-12)10-18(3,11-19-16)15-6-4-5-7-17-15/h4-9H,10-11H2,1-3H3/q+1. The Hall–Kier alpha value is -1.87. The monoisotopic (exact) mass is 255 g/mol. The minimum absolute atomic E-state index is 0.633. The van der Waals surface area contributed by atoms with E-state index in [0.29, 0.717) is 11.2 Å². The first-order valence-electron chi connectivity index (χ1n) is 6.57. The summed E-state index contributed by atoms with van der Waals surface area (Å²) in [5.74, 6) is 2.10. The van der Waals surface area contributed by atoms with Crippen molar-refractivity contribution in [1.29, 1.82) is 0 Å². The number of hydrogen-bond acceptors (Lipinski definition) is 2. The molecule has 0 fully saturated rings.